The second-order valence-corrected chi connectivity index (χ2v) is 6.73. The summed E-state index contributed by atoms with van der Waals surface area (Å²) in [6, 6.07) is 8.32. The molecule has 1 saturated heterocycles. The Hall–Kier alpha value is -2.43. The fourth-order valence-electron chi connectivity index (χ4n) is 3.35. The van der Waals surface area contributed by atoms with Crippen LogP contribution in [0.15, 0.2) is 42.9 Å². The molecule has 5 nitrogen and oxygen atoms in total. The third kappa shape index (κ3) is 3.40. The molecular weight excluding hydrogens is 300 g/mol. The highest BCUT2D eigenvalue weighted by Crippen LogP contribution is 2.40. The molecule has 2 fully saturated rings. The first kappa shape index (κ1) is 15.1. The van der Waals surface area contributed by atoms with E-state index < -0.39 is 0 Å². The number of nitrogens with one attached hydrogen (secondary N) is 1. The maximum Gasteiger partial charge on any atom is 0.229 e. The first-order chi connectivity index (χ1) is 11.8. The third-order valence-electron chi connectivity index (χ3n) is 4.89. The van der Waals surface area contributed by atoms with E-state index in [1.807, 2.05) is 12.1 Å². The summed E-state index contributed by atoms with van der Waals surface area (Å²) in [5.74, 6) is 1.68. The average molecular weight is 322 g/mol. The van der Waals surface area contributed by atoms with E-state index in [9.17, 15) is 4.79 Å². The maximum absolute atomic E-state index is 12.6. The van der Waals surface area contributed by atoms with E-state index >= 15 is 0 Å². The van der Waals surface area contributed by atoms with E-state index in [0.29, 0.717) is 6.54 Å². The van der Waals surface area contributed by atoms with E-state index in [4.69, 9.17) is 0 Å². The van der Waals surface area contributed by atoms with Gasteiger partial charge in [0.05, 0.1) is 12.1 Å². The Morgan fingerprint density at radius 2 is 1.96 bits per heavy atom. The van der Waals surface area contributed by atoms with Crippen molar-refractivity contribution in [3.8, 4) is 0 Å². The maximum atomic E-state index is 12.6. The van der Waals surface area contributed by atoms with Gasteiger partial charge in [0, 0.05) is 31.2 Å². The standard InChI is InChI=1S/C19H22N4O/c24-19(22-17-7-5-15(6-8-17)14-3-4-14)16-2-1-11-23(13-16)18-12-20-9-10-21-18/h5-10,12,14,16H,1-4,11,13H2,(H,22,24). The van der Waals surface area contributed by atoms with Gasteiger partial charge in [0.1, 0.15) is 5.82 Å². The van der Waals surface area contributed by atoms with Gasteiger partial charge in [-0.25, -0.2) is 4.98 Å². The Morgan fingerprint density at radius 3 is 2.67 bits per heavy atom. The summed E-state index contributed by atoms with van der Waals surface area (Å²) in [4.78, 5) is 23.2. The summed E-state index contributed by atoms with van der Waals surface area (Å²) in [7, 11) is 0. The molecule has 1 aromatic heterocycles. The normalized spacial score (nSPS) is 20.7. The van der Waals surface area contributed by atoms with E-state index in [2.05, 4.69) is 32.3 Å². The Kier molecular flexibility index (Phi) is 4.15. The van der Waals surface area contributed by atoms with Crippen LogP contribution in [0.1, 0.15) is 37.2 Å². The van der Waals surface area contributed by atoms with Crippen molar-refractivity contribution >= 4 is 17.4 Å². The largest absolute Gasteiger partial charge is 0.355 e. The van der Waals surface area contributed by atoms with Crippen LogP contribution in [0.2, 0.25) is 0 Å². The lowest BCUT2D eigenvalue weighted by atomic mass is 9.97. The fraction of sp³-hybridized carbons (Fsp3) is 0.421. The Morgan fingerprint density at radius 1 is 1.12 bits per heavy atom. The van der Waals surface area contributed by atoms with Gasteiger partial charge in [-0.3, -0.25) is 9.78 Å². The molecular formula is C19H22N4O. The van der Waals surface area contributed by atoms with Crippen molar-refractivity contribution in [1.82, 2.24) is 9.97 Å². The molecule has 1 aliphatic heterocycles. The number of carbonyl (C=O) groups is 1. The molecule has 4 rings (SSSR count). The molecule has 1 atom stereocenters. The molecule has 1 unspecified atom stereocenters. The van der Waals surface area contributed by atoms with Crippen molar-refractivity contribution in [1.29, 1.82) is 0 Å². The molecule has 124 valence electrons. The smallest absolute Gasteiger partial charge is 0.229 e. The lowest BCUT2D eigenvalue weighted by molar-refractivity contribution is -0.120. The summed E-state index contributed by atoms with van der Waals surface area (Å²) in [6.45, 7) is 1.63. The van der Waals surface area contributed by atoms with E-state index in [0.717, 1.165) is 36.8 Å². The zero-order valence-corrected chi connectivity index (χ0v) is 13.7. The number of hydrogen-bond donors (Lipinski definition) is 1. The monoisotopic (exact) mass is 322 g/mol. The molecule has 0 bridgehead atoms. The second-order valence-electron chi connectivity index (χ2n) is 6.73. The van der Waals surface area contributed by atoms with Gasteiger partial charge in [0.2, 0.25) is 5.91 Å². The summed E-state index contributed by atoms with van der Waals surface area (Å²) in [6.07, 6.45) is 9.64. The molecule has 2 heterocycles. The molecule has 1 saturated carbocycles. The van der Waals surface area contributed by atoms with Crippen molar-refractivity contribution < 1.29 is 4.79 Å². The predicted molar refractivity (Wildman–Crippen MR) is 94.0 cm³/mol. The van der Waals surface area contributed by atoms with Crippen LogP contribution < -0.4 is 10.2 Å². The average Bonchev–Trinajstić information content (AvgIpc) is 3.48. The van der Waals surface area contributed by atoms with Crippen LogP contribution in [0.3, 0.4) is 0 Å². The number of amides is 1. The second kappa shape index (κ2) is 6.59. The minimum Gasteiger partial charge on any atom is -0.355 e. The number of aromatic nitrogens is 2. The van der Waals surface area contributed by atoms with Crippen molar-refractivity contribution in [2.75, 3.05) is 23.3 Å². The van der Waals surface area contributed by atoms with Gasteiger partial charge in [-0.2, -0.15) is 0 Å². The molecule has 1 amide bonds. The number of rotatable bonds is 4. The number of benzene rings is 1. The SMILES string of the molecule is O=C(Nc1ccc(C2CC2)cc1)C1CCCN(c2cnccn2)C1. The number of piperidine rings is 1. The van der Waals surface area contributed by atoms with Crippen molar-refractivity contribution in [3.05, 3.63) is 48.4 Å². The molecule has 1 aromatic carbocycles. The highest BCUT2D eigenvalue weighted by molar-refractivity contribution is 5.93. The Labute approximate surface area is 142 Å². The first-order valence-corrected chi connectivity index (χ1v) is 8.71. The topological polar surface area (TPSA) is 58.1 Å². The molecule has 5 heteroatoms. The highest BCUT2D eigenvalue weighted by Gasteiger charge is 2.27. The fourth-order valence-corrected chi connectivity index (χ4v) is 3.35. The van der Waals surface area contributed by atoms with Crippen LogP contribution >= 0.6 is 0 Å². The van der Waals surface area contributed by atoms with Crippen molar-refractivity contribution in [2.45, 2.75) is 31.6 Å². The molecule has 1 N–H and O–H groups in total. The van der Waals surface area contributed by atoms with Crippen LogP contribution in [0.25, 0.3) is 0 Å². The van der Waals surface area contributed by atoms with Gasteiger partial charge in [-0.15, -0.1) is 0 Å². The molecule has 2 aliphatic rings. The van der Waals surface area contributed by atoms with Crippen LogP contribution in [0.4, 0.5) is 11.5 Å². The van der Waals surface area contributed by atoms with Gasteiger partial charge in [-0.05, 0) is 49.3 Å². The van der Waals surface area contributed by atoms with Gasteiger partial charge >= 0.3 is 0 Å². The number of nitrogens with zero attached hydrogens (tertiary/aromatic N) is 3. The van der Waals surface area contributed by atoms with E-state index in [-0.39, 0.29) is 11.8 Å². The van der Waals surface area contributed by atoms with E-state index in [1.54, 1.807) is 18.6 Å². The minimum atomic E-state index is -0.0103. The molecule has 2 aromatic rings. The van der Waals surface area contributed by atoms with Gasteiger partial charge in [-0.1, -0.05) is 12.1 Å². The first-order valence-electron chi connectivity index (χ1n) is 8.71. The Bertz CT molecular complexity index is 697. The predicted octanol–water partition coefficient (Wildman–Crippen LogP) is 3.21. The van der Waals surface area contributed by atoms with Crippen LogP contribution in [-0.4, -0.2) is 29.0 Å². The van der Waals surface area contributed by atoms with E-state index in [1.165, 1.54) is 18.4 Å². The molecule has 24 heavy (non-hydrogen) atoms. The lowest BCUT2D eigenvalue weighted by Gasteiger charge is -2.32. The van der Waals surface area contributed by atoms with Crippen molar-refractivity contribution in [3.63, 3.8) is 0 Å². The lowest BCUT2D eigenvalue weighted by Crippen LogP contribution is -2.41. The molecule has 0 radical (unpaired) electrons. The van der Waals surface area contributed by atoms with Crippen LogP contribution in [0.5, 0.6) is 0 Å². The quantitative estimate of drug-likeness (QED) is 0.939. The zero-order valence-electron chi connectivity index (χ0n) is 13.7. The number of hydrogen-bond acceptors (Lipinski definition) is 4. The number of carbonyl (C=O) groups excluding carboxylic acids is 1. The van der Waals surface area contributed by atoms with Gasteiger partial charge < -0.3 is 10.2 Å². The summed E-state index contributed by atoms with van der Waals surface area (Å²) < 4.78 is 0. The third-order valence-corrected chi connectivity index (χ3v) is 4.89. The molecule has 0 spiro atoms. The summed E-state index contributed by atoms with van der Waals surface area (Å²) >= 11 is 0. The Balaban J connectivity index is 1.38. The highest BCUT2D eigenvalue weighted by atomic mass is 16.1. The van der Waals surface area contributed by atoms with Crippen molar-refractivity contribution in [2.24, 2.45) is 5.92 Å². The number of anilines is 2. The van der Waals surface area contributed by atoms with Gasteiger partial charge in [0.15, 0.2) is 0 Å². The summed E-state index contributed by atoms with van der Waals surface area (Å²) in [5.41, 5.74) is 2.28. The van der Waals surface area contributed by atoms with Crippen LogP contribution in [-0.2, 0) is 4.79 Å². The zero-order chi connectivity index (χ0) is 16.4. The molecule has 1 aliphatic carbocycles. The summed E-state index contributed by atoms with van der Waals surface area (Å²) in [5, 5.41) is 3.07. The van der Waals surface area contributed by atoms with Gasteiger partial charge in [0.25, 0.3) is 0 Å². The minimum absolute atomic E-state index is 0.0103. The van der Waals surface area contributed by atoms with Crippen LogP contribution in [0, 0.1) is 5.92 Å².